The van der Waals surface area contributed by atoms with E-state index in [-0.39, 0.29) is 5.41 Å². The monoisotopic (exact) mass is 171 g/mol. The lowest BCUT2D eigenvalue weighted by Gasteiger charge is -2.14. The van der Waals surface area contributed by atoms with Crippen molar-refractivity contribution in [3.63, 3.8) is 0 Å². The molecule has 0 aromatic heterocycles. The maximum atomic E-state index is 9.09. The second-order valence-electron chi connectivity index (χ2n) is 4.10. The SMILES string of the molecule is Cc1ccc2c(c1)CCC2(C)C#N. The largest absolute Gasteiger partial charge is 0.197 e. The Kier molecular flexibility index (Phi) is 1.66. The van der Waals surface area contributed by atoms with E-state index in [1.807, 2.05) is 6.92 Å². The molecule has 0 spiro atoms. The van der Waals surface area contributed by atoms with Gasteiger partial charge in [-0.3, -0.25) is 0 Å². The number of nitrogens with zero attached hydrogens (tertiary/aromatic N) is 1. The van der Waals surface area contributed by atoms with Gasteiger partial charge < -0.3 is 0 Å². The molecule has 1 unspecified atom stereocenters. The van der Waals surface area contributed by atoms with Crippen LogP contribution in [-0.2, 0) is 11.8 Å². The highest BCUT2D eigenvalue weighted by molar-refractivity contribution is 5.44. The van der Waals surface area contributed by atoms with Gasteiger partial charge in [0.25, 0.3) is 0 Å². The lowest BCUT2D eigenvalue weighted by molar-refractivity contribution is 0.604. The number of hydrogen-bond acceptors (Lipinski definition) is 1. The van der Waals surface area contributed by atoms with Crippen LogP contribution in [0.15, 0.2) is 18.2 Å². The molecule has 66 valence electrons. The average Bonchev–Trinajstić information content (AvgIpc) is 2.45. The molecule has 0 bridgehead atoms. The Morgan fingerprint density at radius 3 is 2.92 bits per heavy atom. The minimum absolute atomic E-state index is 0.233. The van der Waals surface area contributed by atoms with Gasteiger partial charge in [-0.1, -0.05) is 23.8 Å². The van der Waals surface area contributed by atoms with Crippen LogP contribution < -0.4 is 0 Å². The van der Waals surface area contributed by atoms with Gasteiger partial charge >= 0.3 is 0 Å². The van der Waals surface area contributed by atoms with Gasteiger partial charge in [-0.2, -0.15) is 5.26 Å². The van der Waals surface area contributed by atoms with Crippen LogP contribution >= 0.6 is 0 Å². The summed E-state index contributed by atoms with van der Waals surface area (Å²) in [6.45, 7) is 4.14. The molecule has 1 aliphatic carbocycles. The molecule has 0 saturated carbocycles. The number of hydrogen-bond donors (Lipinski definition) is 0. The number of benzene rings is 1. The third-order valence-electron chi connectivity index (χ3n) is 3.00. The number of fused-ring (bicyclic) bond motifs is 1. The summed E-state index contributed by atoms with van der Waals surface area (Å²) in [7, 11) is 0. The molecule has 0 radical (unpaired) electrons. The molecule has 0 fully saturated rings. The lowest BCUT2D eigenvalue weighted by atomic mass is 9.86. The molecule has 1 aromatic carbocycles. The van der Waals surface area contributed by atoms with Crippen molar-refractivity contribution in [3.8, 4) is 6.07 Å². The van der Waals surface area contributed by atoms with Gasteiger partial charge in [-0.15, -0.1) is 0 Å². The van der Waals surface area contributed by atoms with Crippen molar-refractivity contribution < 1.29 is 0 Å². The van der Waals surface area contributed by atoms with Crippen LogP contribution in [0.3, 0.4) is 0 Å². The second kappa shape index (κ2) is 2.60. The summed E-state index contributed by atoms with van der Waals surface area (Å²) in [5.74, 6) is 0. The van der Waals surface area contributed by atoms with E-state index in [9.17, 15) is 0 Å². The summed E-state index contributed by atoms with van der Waals surface area (Å²) >= 11 is 0. The first kappa shape index (κ1) is 8.31. The Hall–Kier alpha value is -1.29. The zero-order valence-corrected chi connectivity index (χ0v) is 8.09. The van der Waals surface area contributed by atoms with Crippen molar-refractivity contribution in [3.05, 3.63) is 34.9 Å². The first-order valence-electron chi connectivity index (χ1n) is 4.67. The van der Waals surface area contributed by atoms with Crippen LogP contribution in [-0.4, -0.2) is 0 Å². The van der Waals surface area contributed by atoms with Gasteiger partial charge in [-0.25, -0.2) is 0 Å². The first-order chi connectivity index (χ1) is 6.15. The molecule has 1 atom stereocenters. The Bertz CT molecular complexity index is 387. The van der Waals surface area contributed by atoms with Crippen LogP contribution in [0.2, 0.25) is 0 Å². The molecule has 0 N–H and O–H groups in total. The van der Waals surface area contributed by atoms with E-state index in [2.05, 4.69) is 31.2 Å². The molecule has 0 saturated heterocycles. The maximum Gasteiger partial charge on any atom is 0.0800 e. The van der Waals surface area contributed by atoms with Gasteiger partial charge in [-0.05, 0) is 37.8 Å². The molecule has 2 rings (SSSR count). The summed E-state index contributed by atoms with van der Waals surface area (Å²) in [5.41, 5.74) is 3.66. The normalized spacial score (nSPS) is 25.3. The Morgan fingerprint density at radius 1 is 1.46 bits per heavy atom. The molecular weight excluding hydrogens is 158 g/mol. The summed E-state index contributed by atoms with van der Waals surface area (Å²) in [6, 6.07) is 8.83. The highest BCUT2D eigenvalue weighted by Gasteiger charge is 2.33. The summed E-state index contributed by atoms with van der Waals surface area (Å²) < 4.78 is 0. The fraction of sp³-hybridized carbons (Fsp3) is 0.417. The fourth-order valence-electron chi connectivity index (χ4n) is 2.10. The first-order valence-corrected chi connectivity index (χ1v) is 4.67. The molecule has 1 heteroatoms. The molecule has 1 aliphatic rings. The minimum Gasteiger partial charge on any atom is -0.197 e. The van der Waals surface area contributed by atoms with Crippen molar-refractivity contribution in [2.24, 2.45) is 0 Å². The van der Waals surface area contributed by atoms with Crippen molar-refractivity contribution in [2.45, 2.75) is 32.1 Å². The topological polar surface area (TPSA) is 23.8 Å². The van der Waals surface area contributed by atoms with Crippen LogP contribution in [0.25, 0.3) is 0 Å². The molecule has 0 heterocycles. The molecule has 0 amide bonds. The number of nitriles is 1. The summed E-state index contributed by atoms with van der Waals surface area (Å²) in [4.78, 5) is 0. The van der Waals surface area contributed by atoms with E-state index in [1.54, 1.807) is 0 Å². The van der Waals surface area contributed by atoms with Crippen LogP contribution in [0.1, 0.15) is 30.0 Å². The second-order valence-corrected chi connectivity index (χ2v) is 4.10. The van der Waals surface area contributed by atoms with Gasteiger partial charge in [0.2, 0.25) is 0 Å². The van der Waals surface area contributed by atoms with Crippen LogP contribution in [0.4, 0.5) is 0 Å². The van der Waals surface area contributed by atoms with E-state index < -0.39 is 0 Å². The number of rotatable bonds is 0. The van der Waals surface area contributed by atoms with E-state index in [1.165, 1.54) is 16.7 Å². The van der Waals surface area contributed by atoms with Crippen LogP contribution in [0.5, 0.6) is 0 Å². The van der Waals surface area contributed by atoms with Crippen LogP contribution in [0, 0.1) is 18.3 Å². The third kappa shape index (κ3) is 1.14. The van der Waals surface area contributed by atoms with Gasteiger partial charge in [0, 0.05) is 0 Å². The molecule has 0 aliphatic heterocycles. The summed E-state index contributed by atoms with van der Waals surface area (Å²) in [6.07, 6.45) is 2.03. The van der Waals surface area contributed by atoms with E-state index in [0.29, 0.717) is 0 Å². The van der Waals surface area contributed by atoms with Gasteiger partial charge in [0.15, 0.2) is 0 Å². The maximum absolute atomic E-state index is 9.09. The standard InChI is InChI=1S/C12H13N/c1-9-3-4-11-10(7-9)5-6-12(11,2)8-13/h3-4,7H,5-6H2,1-2H3. The highest BCUT2D eigenvalue weighted by atomic mass is 14.4. The lowest BCUT2D eigenvalue weighted by Crippen LogP contribution is -2.14. The predicted octanol–water partition coefficient (Wildman–Crippen LogP) is 2.72. The Morgan fingerprint density at radius 2 is 2.23 bits per heavy atom. The van der Waals surface area contributed by atoms with Crippen molar-refractivity contribution >= 4 is 0 Å². The zero-order chi connectivity index (χ0) is 9.47. The number of aryl methyl sites for hydroxylation is 2. The predicted molar refractivity (Wildman–Crippen MR) is 52.5 cm³/mol. The molecular formula is C12H13N. The fourth-order valence-corrected chi connectivity index (χ4v) is 2.10. The average molecular weight is 171 g/mol. The van der Waals surface area contributed by atoms with E-state index >= 15 is 0 Å². The molecule has 1 aromatic rings. The van der Waals surface area contributed by atoms with E-state index in [4.69, 9.17) is 5.26 Å². The van der Waals surface area contributed by atoms with Gasteiger partial charge in [0.1, 0.15) is 0 Å². The van der Waals surface area contributed by atoms with Crippen molar-refractivity contribution in [1.82, 2.24) is 0 Å². The van der Waals surface area contributed by atoms with Gasteiger partial charge in [0.05, 0.1) is 11.5 Å². The summed E-state index contributed by atoms with van der Waals surface area (Å²) in [5, 5.41) is 9.09. The highest BCUT2D eigenvalue weighted by Crippen LogP contribution is 2.38. The van der Waals surface area contributed by atoms with E-state index in [0.717, 1.165) is 12.8 Å². The Labute approximate surface area is 79.0 Å². The molecule has 13 heavy (non-hydrogen) atoms. The minimum atomic E-state index is -0.233. The van der Waals surface area contributed by atoms with Crippen molar-refractivity contribution in [2.75, 3.05) is 0 Å². The smallest absolute Gasteiger partial charge is 0.0800 e. The zero-order valence-electron chi connectivity index (χ0n) is 8.09. The molecule has 1 nitrogen and oxygen atoms in total. The quantitative estimate of drug-likeness (QED) is 0.588. The van der Waals surface area contributed by atoms with Crippen molar-refractivity contribution in [1.29, 1.82) is 5.26 Å². The third-order valence-corrected chi connectivity index (χ3v) is 3.00. The Balaban J connectivity index is 2.57.